The van der Waals surface area contributed by atoms with Crippen LogP contribution in [0.15, 0.2) is 33.5 Å². The lowest BCUT2D eigenvalue weighted by Crippen LogP contribution is -2.37. The summed E-state index contributed by atoms with van der Waals surface area (Å²) in [5.41, 5.74) is 6.33. The second-order valence-corrected chi connectivity index (χ2v) is 3.39. The van der Waals surface area contributed by atoms with Gasteiger partial charge in [0.15, 0.2) is 5.58 Å². The lowest BCUT2D eigenvalue weighted by molar-refractivity contribution is -0.138. The summed E-state index contributed by atoms with van der Waals surface area (Å²) in [4.78, 5) is 22.0. The van der Waals surface area contributed by atoms with E-state index in [1.165, 1.54) is 4.57 Å². The number of oxazole rings is 1. The predicted molar refractivity (Wildman–Crippen MR) is 56.1 cm³/mol. The number of carboxylic acids is 1. The van der Waals surface area contributed by atoms with Crippen molar-refractivity contribution in [3.63, 3.8) is 0 Å². The molecular formula is C10H10N2O4. The molecule has 1 aromatic carbocycles. The first-order valence-corrected chi connectivity index (χ1v) is 4.66. The standard InChI is InChI=1S/C10H10N2O4/c11-6(9(13)14)5-12-7-3-1-2-4-8(7)16-10(12)15/h1-4,6H,5,11H2,(H,13,14). The minimum atomic E-state index is -1.16. The third-order valence-electron chi connectivity index (χ3n) is 2.27. The molecule has 0 fully saturated rings. The average molecular weight is 222 g/mol. The van der Waals surface area contributed by atoms with Crippen molar-refractivity contribution in [2.24, 2.45) is 5.73 Å². The van der Waals surface area contributed by atoms with Crippen LogP contribution in [0.1, 0.15) is 0 Å². The molecule has 6 heteroatoms. The molecule has 0 aliphatic rings. The molecule has 2 rings (SSSR count). The largest absolute Gasteiger partial charge is 0.480 e. The number of fused-ring (bicyclic) bond motifs is 1. The fourth-order valence-electron chi connectivity index (χ4n) is 1.46. The average Bonchev–Trinajstić information content (AvgIpc) is 2.55. The lowest BCUT2D eigenvalue weighted by Gasteiger charge is -2.06. The summed E-state index contributed by atoms with van der Waals surface area (Å²) in [6.45, 7) is -0.106. The van der Waals surface area contributed by atoms with Crippen molar-refractivity contribution in [2.75, 3.05) is 0 Å². The molecule has 16 heavy (non-hydrogen) atoms. The van der Waals surface area contributed by atoms with Crippen molar-refractivity contribution < 1.29 is 14.3 Å². The van der Waals surface area contributed by atoms with E-state index in [1.54, 1.807) is 24.3 Å². The Morgan fingerprint density at radius 1 is 1.50 bits per heavy atom. The zero-order valence-electron chi connectivity index (χ0n) is 8.29. The summed E-state index contributed by atoms with van der Waals surface area (Å²) in [5.74, 6) is -1.75. The van der Waals surface area contributed by atoms with Crippen molar-refractivity contribution in [1.29, 1.82) is 0 Å². The number of benzene rings is 1. The monoisotopic (exact) mass is 222 g/mol. The van der Waals surface area contributed by atoms with E-state index in [-0.39, 0.29) is 6.54 Å². The van der Waals surface area contributed by atoms with Gasteiger partial charge < -0.3 is 15.3 Å². The highest BCUT2D eigenvalue weighted by Gasteiger charge is 2.16. The maximum absolute atomic E-state index is 11.4. The molecule has 0 saturated carbocycles. The van der Waals surface area contributed by atoms with E-state index in [0.29, 0.717) is 11.1 Å². The van der Waals surface area contributed by atoms with Crippen molar-refractivity contribution in [3.05, 3.63) is 34.8 Å². The molecule has 0 spiro atoms. The normalized spacial score (nSPS) is 12.8. The summed E-state index contributed by atoms with van der Waals surface area (Å²) in [6, 6.07) is 5.65. The van der Waals surface area contributed by atoms with Gasteiger partial charge in [0.05, 0.1) is 12.1 Å². The molecule has 1 atom stereocenters. The van der Waals surface area contributed by atoms with Crippen LogP contribution in [0.25, 0.3) is 11.1 Å². The molecule has 0 aliphatic carbocycles. The van der Waals surface area contributed by atoms with Crippen LogP contribution in [0.3, 0.4) is 0 Å². The molecule has 0 saturated heterocycles. The Labute approximate surface area is 89.9 Å². The third-order valence-corrected chi connectivity index (χ3v) is 2.27. The van der Waals surface area contributed by atoms with Crippen LogP contribution in [-0.4, -0.2) is 21.7 Å². The highest BCUT2D eigenvalue weighted by molar-refractivity contribution is 5.75. The van der Waals surface area contributed by atoms with Gasteiger partial charge in [-0.25, -0.2) is 4.79 Å². The topological polar surface area (TPSA) is 98.5 Å². The molecule has 3 N–H and O–H groups in total. The molecule has 6 nitrogen and oxygen atoms in total. The summed E-state index contributed by atoms with van der Waals surface area (Å²) >= 11 is 0. The fraction of sp³-hybridized carbons (Fsp3) is 0.200. The van der Waals surface area contributed by atoms with E-state index in [9.17, 15) is 9.59 Å². The number of nitrogens with two attached hydrogens (primary N) is 1. The predicted octanol–water partition coefficient (Wildman–Crippen LogP) is 0.00640. The van der Waals surface area contributed by atoms with Crippen LogP contribution >= 0.6 is 0 Å². The molecule has 0 bridgehead atoms. The van der Waals surface area contributed by atoms with E-state index >= 15 is 0 Å². The number of hydrogen-bond donors (Lipinski definition) is 2. The Bertz CT molecular complexity index is 584. The van der Waals surface area contributed by atoms with E-state index < -0.39 is 17.8 Å². The third kappa shape index (κ3) is 1.70. The Balaban J connectivity index is 2.48. The van der Waals surface area contributed by atoms with Crippen molar-refractivity contribution >= 4 is 17.1 Å². The van der Waals surface area contributed by atoms with Crippen molar-refractivity contribution in [2.45, 2.75) is 12.6 Å². The Morgan fingerprint density at radius 2 is 2.19 bits per heavy atom. The van der Waals surface area contributed by atoms with Gasteiger partial charge in [-0.1, -0.05) is 12.1 Å². The van der Waals surface area contributed by atoms with E-state index in [4.69, 9.17) is 15.3 Å². The number of rotatable bonds is 3. The van der Waals surface area contributed by atoms with Gasteiger partial charge in [-0.05, 0) is 12.1 Å². The maximum Gasteiger partial charge on any atom is 0.420 e. The molecule has 1 heterocycles. The highest BCUT2D eigenvalue weighted by atomic mass is 16.4. The summed E-state index contributed by atoms with van der Waals surface area (Å²) < 4.78 is 6.15. The lowest BCUT2D eigenvalue weighted by atomic mass is 10.3. The quantitative estimate of drug-likeness (QED) is 0.762. The number of carbonyl (C=O) groups is 1. The van der Waals surface area contributed by atoms with E-state index in [1.807, 2.05) is 0 Å². The van der Waals surface area contributed by atoms with Gasteiger partial charge in [0.25, 0.3) is 0 Å². The zero-order chi connectivity index (χ0) is 11.7. The van der Waals surface area contributed by atoms with Crippen molar-refractivity contribution in [1.82, 2.24) is 4.57 Å². The first kappa shape index (κ1) is 10.4. The second kappa shape index (κ2) is 3.82. The molecule has 0 radical (unpaired) electrons. The Morgan fingerprint density at radius 3 is 2.88 bits per heavy atom. The van der Waals surface area contributed by atoms with Gasteiger partial charge in [0.2, 0.25) is 0 Å². The van der Waals surface area contributed by atoms with Crippen LogP contribution in [0.4, 0.5) is 0 Å². The number of nitrogens with zero attached hydrogens (tertiary/aromatic N) is 1. The molecule has 0 amide bonds. The summed E-state index contributed by atoms with van der Waals surface area (Å²) in [5, 5.41) is 8.67. The van der Waals surface area contributed by atoms with Gasteiger partial charge in [0, 0.05) is 0 Å². The smallest absolute Gasteiger partial charge is 0.420 e. The summed E-state index contributed by atoms with van der Waals surface area (Å²) in [7, 11) is 0. The highest BCUT2D eigenvalue weighted by Crippen LogP contribution is 2.11. The van der Waals surface area contributed by atoms with Crippen LogP contribution in [0.5, 0.6) is 0 Å². The maximum atomic E-state index is 11.4. The summed E-state index contributed by atoms with van der Waals surface area (Å²) in [6.07, 6.45) is 0. The molecular weight excluding hydrogens is 212 g/mol. The van der Waals surface area contributed by atoms with Crippen LogP contribution in [0, 0.1) is 0 Å². The molecule has 1 aromatic heterocycles. The number of hydrogen-bond acceptors (Lipinski definition) is 4. The molecule has 1 unspecified atom stereocenters. The van der Waals surface area contributed by atoms with E-state index in [2.05, 4.69) is 0 Å². The molecule has 2 aromatic rings. The van der Waals surface area contributed by atoms with Crippen LogP contribution in [-0.2, 0) is 11.3 Å². The number of aliphatic carboxylic acids is 1. The van der Waals surface area contributed by atoms with Crippen LogP contribution < -0.4 is 11.5 Å². The molecule has 84 valence electrons. The number of aromatic nitrogens is 1. The first-order chi connectivity index (χ1) is 7.59. The Hall–Kier alpha value is -2.08. The van der Waals surface area contributed by atoms with E-state index in [0.717, 1.165) is 0 Å². The molecule has 0 aliphatic heterocycles. The van der Waals surface area contributed by atoms with Gasteiger partial charge in [0.1, 0.15) is 6.04 Å². The van der Waals surface area contributed by atoms with Crippen molar-refractivity contribution in [3.8, 4) is 0 Å². The number of carboxylic acid groups (broad SMARTS) is 1. The van der Waals surface area contributed by atoms with Gasteiger partial charge >= 0.3 is 11.7 Å². The van der Waals surface area contributed by atoms with Gasteiger partial charge in [-0.3, -0.25) is 9.36 Å². The zero-order valence-corrected chi connectivity index (χ0v) is 8.29. The minimum Gasteiger partial charge on any atom is -0.480 e. The Kier molecular flexibility index (Phi) is 2.49. The van der Waals surface area contributed by atoms with Crippen LogP contribution in [0.2, 0.25) is 0 Å². The van der Waals surface area contributed by atoms with Gasteiger partial charge in [-0.15, -0.1) is 0 Å². The SMILES string of the molecule is NC(Cn1c(=O)oc2ccccc21)C(=O)O. The fourth-order valence-corrected chi connectivity index (χ4v) is 1.46. The minimum absolute atomic E-state index is 0.106. The van der Waals surface area contributed by atoms with Gasteiger partial charge in [-0.2, -0.15) is 0 Å². The second-order valence-electron chi connectivity index (χ2n) is 3.39. The first-order valence-electron chi connectivity index (χ1n) is 4.66. The number of para-hydroxylation sites is 2.